The van der Waals surface area contributed by atoms with Gasteiger partial charge in [-0.2, -0.15) is 0 Å². The van der Waals surface area contributed by atoms with Crippen molar-refractivity contribution in [2.45, 2.75) is 13.3 Å². The first-order chi connectivity index (χ1) is 9.20. The van der Waals surface area contributed by atoms with Crippen molar-refractivity contribution in [3.8, 4) is 0 Å². The molecule has 2 rings (SSSR count). The summed E-state index contributed by atoms with van der Waals surface area (Å²) in [5.41, 5.74) is 1.22. The van der Waals surface area contributed by atoms with E-state index in [0.717, 1.165) is 6.42 Å². The SMILES string of the molecule is CCOC(=O)N1C=CC(Cc2ccccc2)C(Cl)=C1. The quantitative estimate of drug-likeness (QED) is 0.838. The number of hydrogen-bond acceptors (Lipinski definition) is 2. The molecule has 1 atom stereocenters. The largest absolute Gasteiger partial charge is 0.449 e. The number of allylic oxidation sites excluding steroid dienone is 2. The number of ether oxygens (including phenoxy) is 1. The maximum Gasteiger partial charge on any atom is 0.417 e. The Morgan fingerprint density at radius 1 is 1.37 bits per heavy atom. The van der Waals surface area contributed by atoms with Crippen molar-refractivity contribution in [2.24, 2.45) is 5.92 Å². The second-order valence-electron chi connectivity index (χ2n) is 4.26. The van der Waals surface area contributed by atoms with Crippen LogP contribution in [0.4, 0.5) is 4.79 Å². The highest BCUT2D eigenvalue weighted by Crippen LogP contribution is 2.26. The van der Waals surface area contributed by atoms with Gasteiger partial charge in [-0.05, 0) is 18.9 Å². The predicted octanol–water partition coefficient (Wildman–Crippen LogP) is 3.91. The molecule has 1 heterocycles. The Morgan fingerprint density at radius 2 is 2.11 bits per heavy atom. The molecular formula is C15H16ClNO2. The van der Waals surface area contributed by atoms with E-state index in [0.29, 0.717) is 11.6 Å². The molecule has 0 N–H and O–H groups in total. The van der Waals surface area contributed by atoms with E-state index in [4.69, 9.17) is 16.3 Å². The molecule has 1 aliphatic heterocycles. The van der Waals surface area contributed by atoms with Gasteiger partial charge in [0.1, 0.15) is 0 Å². The molecule has 0 fully saturated rings. The molecule has 100 valence electrons. The minimum Gasteiger partial charge on any atom is -0.449 e. The van der Waals surface area contributed by atoms with Crippen LogP contribution in [0.2, 0.25) is 0 Å². The van der Waals surface area contributed by atoms with Crippen molar-refractivity contribution in [1.82, 2.24) is 4.90 Å². The van der Waals surface area contributed by atoms with E-state index in [1.807, 2.05) is 24.3 Å². The van der Waals surface area contributed by atoms with Crippen molar-refractivity contribution in [3.63, 3.8) is 0 Å². The summed E-state index contributed by atoms with van der Waals surface area (Å²) < 4.78 is 4.92. The van der Waals surface area contributed by atoms with Gasteiger partial charge in [0.2, 0.25) is 0 Å². The molecule has 0 saturated carbocycles. The molecule has 0 aromatic heterocycles. The first-order valence-electron chi connectivity index (χ1n) is 6.25. The summed E-state index contributed by atoms with van der Waals surface area (Å²) in [4.78, 5) is 12.9. The molecule has 0 radical (unpaired) electrons. The smallest absolute Gasteiger partial charge is 0.417 e. The van der Waals surface area contributed by atoms with E-state index in [2.05, 4.69) is 12.1 Å². The van der Waals surface area contributed by atoms with Crippen LogP contribution in [0.15, 0.2) is 53.8 Å². The minimum atomic E-state index is -0.407. The zero-order valence-corrected chi connectivity index (χ0v) is 11.5. The van der Waals surface area contributed by atoms with Gasteiger partial charge in [-0.3, -0.25) is 4.90 Å². The lowest BCUT2D eigenvalue weighted by Gasteiger charge is -2.22. The number of nitrogens with zero attached hydrogens (tertiary/aromatic N) is 1. The normalized spacial score (nSPS) is 18.1. The third-order valence-electron chi connectivity index (χ3n) is 2.87. The molecule has 1 amide bonds. The molecule has 0 saturated heterocycles. The molecule has 3 nitrogen and oxygen atoms in total. The van der Waals surface area contributed by atoms with Crippen LogP contribution < -0.4 is 0 Å². The Morgan fingerprint density at radius 3 is 2.74 bits per heavy atom. The van der Waals surface area contributed by atoms with E-state index in [1.165, 1.54) is 10.5 Å². The Labute approximate surface area is 118 Å². The third kappa shape index (κ3) is 3.61. The Hall–Kier alpha value is -1.74. The van der Waals surface area contributed by atoms with Gasteiger partial charge in [0.05, 0.1) is 6.61 Å². The van der Waals surface area contributed by atoms with Gasteiger partial charge in [-0.15, -0.1) is 0 Å². The van der Waals surface area contributed by atoms with E-state index in [9.17, 15) is 4.79 Å². The van der Waals surface area contributed by atoms with Crippen molar-refractivity contribution in [3.05, 3.63) is 59.4 Å². The molecule has 0 bridgehead atoms. The summed E-state index contributed by atoms with van der Waals surface area (Å²) in [7, 11) is 0. The highest BCUT2D eigenvalue weighted by molar-refractivity contribution is 6.30. The Kier molecular flexibility index (Phi) is 4.63. The zero-order chi connectivity index (χ0) is 13.7. The predicted molar refractivity (Wildman–Crippen MR) is 75.6 cm³/mol. The molecule has 1 unspecified atom stereocenters. The highest BCUT2D eigenvalue weighted by Gasteiger charge is 2.19. The zero-order valence-electron chi connectivity index (χ0n) is 10.8. The van der Waals surface area contributed by atoms with Gasteiger partial charge < -0.3 is 4.74 Å². The molecule has 19 heavy (non-hydrogen) atoms. The molecule has 1 aromatic carbocycles. The number of benzene rings is 1. The van der Waals surface area contributed by atoms with Gasteiger partial charge in [-0.1, -0.05) is 48.0 Å². The van der Waals surface area contributed by atoms with Gasteiger partial charge in [0, 0.05) is 23.4 Å². The van der Waals surface area contributed by atoms with Gasteiger partial charge >= 0.3 is 6.09 Å². The number of hydrogen-bond donors (Lipinski definition) is 0. The molecule has 1 aromatic rings. The summed E-state index contributed by atoms with van der Waals surface area (Å²) in [6.45, 7) is 2.12. The van der Waals surface area contributed by atoms with Crippen LogP contribution in [0.5, 0.6) is 0 Å². The van der Waals surface area contributed by atoms with Gasteiger partial charge in [0.15, 0.2) is 0 Å². The average molecular weight is 278 g/mol. The second-order valence-corrected chi connectivity index (χ2v) is 4.69. The molecule has 1 aliphatic rings. The lowest BCUT2D eigenvalue weighted by molar-refractivity contribution is 0.132. The van der Waals surface area contributed by atoms with E-state index >= 15 is 0 Å². The summed E-state index contributed by atoms with van der Waals surface area (Å²) >= 11 is 6.23. The summed E-state index contributed by atoms with van der Waals surface area (Å²) in [6.07, 6.45) is 5.66. The van der Waals surface area contributed by atoms with E-state index < -0.39 is 6.09 Å². The van der Waals surface area contributed by atoms with Crippen molar-refractivity contribution in [1.29, 1.82) is 0 Å². The van der Waals surface area contributed by atoms with Crippen LogP contribution in [0.1, 0.15) is 12.5 Å². The fourth-order valence-corrected chi connectivity index (χ4v) is 2.16. The standard InChI is InChI=1S/C15H16ClNO2/c1-2-19-15(18)17-9-8-13(14(16)11-17)10-12-6-4-3-5-7-12/h3-9,11,13H,2,10H2,1H3. The molecule has 0 spiro atoms. The number of halogens is 1. The first-order valence-corrected chi connectivity index (χ1v) is 6.63. The van der Waals surface area contributed by atoms with Crippen molar-refractivity contribution in [2.75, 3.05) is 6.61 Å². The first kappa shape index (κ1) is 13.7. The monoisotopic (exact) mass is 277 g/mol. The van der Waals surface area contributed by atoms with Crippen LogP contribution in [0.25, 0.3) is 0 Å². The maximum absolute atomic E-state index is 11.6. The molecular weight excluding hydrogens is 262 g/mol. The number of carbonyl (C=O) groups excluding carboxylic acids is 1. The second kappa shape index (κ2) is 6.43. The van der Waals surface area contributed by atoms with Gasteiger partial charge in [-0.25, -0.2) is 4.79 Å². The highest BCUT2D eigenvalue weighted by atomic mass is 35.5. The number of amides is 1. The molecule has 0 aliphatic carbocycles. The van der Waals surface area contributed by atoms with Crippen LogP contribution in [0, 0.1) is 5.92 Å². The maximum atomic E-state index is 11.6. The van der Waals surface area contributed by atoms with Gasteiger partial charge in [0.25, 0.3) is 0 Å². The fourth-order valence-electron chi connectivity index (χ4n) is 1.91. The Bertz CT molecular complexity index is 496. The van der Waals surface area contributed by atoms with Crippen molar-refractivity contribution >= 4 is 17.7 Å². The Balaban J connectivity index is 2.02. The van der Waals surface area contributed by atoms with E-state index in [-0.39, 0.29) is 5.92 Å². The summed E-state index contributed by atoms with van der Waals surface area (Å²) in [6, 6.07) is 10.1. The summed E-state index contributed by atoms with van der Waals surface area (Å²) in [5.74, 6) is 0.106. The third-order valence-corrected chi connectivity index (χ3v) is 3.25. The fraction of sp³-hybridized carbons (Fsp3) is 0.267. The topological polar surface area (TPSA) is 29.5 Å². The van der Waals surface area contributed by atoms with E-state index in [1.54, 1.807) is 19.3 Å². The van der Waals surface area contributed by atoms with Crippen LogP contribution in [0.3, 0.4) is 0 Å². The van der Waals surface area contributed by atoms with Crippen LogP contribution in [-0.4, -0.2) is 17.6 Å². The minimum absolute atomic E-state index is 0.106. The van der Waals surface area contributed by atoms with Crippen LogP contribution >= 0.6 is 11.6 Å². The lowest BCUT2D eigenvalue weighted by atomic mass is 9.98. The number of carbonyl (C=O) groups is 1. The molecule has 4 heteroatoms. The summed E-state index contributed by atoms with van der Waals surface area (Å²) in [5, 5.41) is 0.638. The van der Waals surface area contributed by atoms with Crippen LogP contribution in [-0.2, 0) is 11.2 Å². The van der Waals surface area contributed by atoms with Crippen molar-refractivity contribution < 1.29 is 9.53 Å². The number of rotatable bonds is 3. The lowest BCUT2D eigenvalue weighted by Crippen LogP contribution is -2.25. The average Bonchev–Trinajstić information content (AvgIpc) is 2.42.